The lowest BCUT2D eigenvalue weighted by Crippen LogP contribution is -2.42. The van der Waals surface area contributed by atoms with E-state index in [1.165, 1.54) is 5.56 Å². The molecule has 4 rings (SSSR count). The van der Waals surface area contributed by atoms with Gasteiger partial charge in [0.25, 0.3) is 0 Å². The molecule has 0 saturated carbocycles. The number of benzene rings is 2. The number of carbonyl (C=O) groups is 1. The molecule has 1 unspecified atom stereocenters. The quantitative estimate of drug-likeness (QED) is 0.814. The van der Waals surface area contributed by atoms with Crippen LogP contribution in [-0.4, -0.2) is 55.7 Å². The monoisotopic (exact) mass is 395 g/mol. The first kappa shape index (κ1) is 19.6. The third-order valence-electron chi connectivity index (χ3n) is 5.53. The second-order valence-corrected chi connectivity index (χ2v) is 7.71. The van der Waals surface area contributed by atoms with Crippen molar-refractivity contribution in [1.82, 2.24) is 15.1 Å². The van der Waals surface area contributed by atoms with Gasteiger partial charge in [-0.05, 0) is 43.1 Å². The third kappa shape index (κ3) is 4.82. The van der Waals surface area contributed by atoms with E-state index in [9.17, 15) is 4.79 Å². The summed E-state index contributed by atoms with van der Waals surface area (Å²) >= 11 is 0. The lowest BCUT2D eigenvalue weighted by molar-refractivity contribution is 0.170. The molecule has 2 aromatic rings. The van der Waals surface area contributed by atoms with Gasteiger partial charge in [-0.15, -0.1) is 0 Å². The van der Waals surface area contributed by atoms with Gasteiger partial charge in [0.15, 0.2) is 11.5 Å². The molecule has 1 saturated heterocycles. The number of nitrogens with one attached hydrogen (secondary N) is 1. The van der Waals surface area contributed by atoms with Crippen LogP contribution in [0, 0.1) is 0 Å². The molecule has 1 N–H and O–H groups in total. The fourth-order valence-corrected chi connectivity index (χ4v) is 4.05. The van der Waals surface area contributed by atoms with Crippen LogP contribution in [0.5, 0.6) is 11.5 Å². The number of carbonyl (C=O) groups excluding carboxylic acids is 1. The molecule has 1 atom stereocenters. The second kappa shape index (κ2) is 9.18. The Morgan fingerprint density at radius 2 is 1.93 bits per heavy atom. The number of fused-ring (bicyclic) bond motifs is 1. The fraction of sp³-hybridized carbons (Fsp3) is 0.435. The molecule has 0 radical (unpaired) electrons. The van der Waals surface area contributed by atoms with E-state index < -0.39 is 0 Å². The predicted octanol–water partition coefficient (Wildman–Crippen LogP) is 3.44. The molecule has 0 aliphatic carbocycles. The number of likely N-dealkylation sites (tertiary alicyclic amines) is 1. The molecule has 2 amide bonds. The Morgan fingerprint density at radius 1 is 1.14 bits per heavy atom. The van der Waals surface area contributed by atoms with Crippen LogP contribution < -0.4 is 14.8 Å². The minimum atomic E-state index is 0.00972. The first-order valence-corrected chi connectivity index (χ1v) is 10.4. The Labute approximate surface area is 172 Å². The first-order valence-electron chi connectivity index (χ1n) is 10.4. The molecule has 6 heteroatoms. The van der Waals surface area contributed by atoms with Crippen LogP contribution in [0.1, 0.15) is 30.0 Å². The number of ether oxygens (including phenoxy) is 2. The molecule has 0 aromatic heterocycles. The van der Waals surface area contributed by atoms with Gasteiger partial charge >= 0.3 is 6.03 Å². The van der Waals surface area contributed by atoms with E-state index in [4.69, 9.17) is 9.47 Å². The number of nitrogens with zero attached hydrogens (tertiary/aromatic N) is 2. The van der Waals surface area contributed by atoms with E-state index in [-0.39, 0.29) is 12.1 Å². The maximum atomic E-state index is 12.8. The molecule has 6 nitrogen and oxygen atoms in total. The van der Waals surface area contributed by atoms with E-state index in [2.05, 4.69) is 47.6 Å². The van der Waals surface area contributed by atoms with Gasteiger partial charge in [-0.2, -0.15) is 0 Å². The Bertz CT molecular complexity index is 827. The molecular formula is C23H29N3O3. The second-order valence-electron chi connectivity index (χ2n) is 7.71. The van der Waals surface area contributed by atoms with E-state index in [1.54, 1.807) is 0 Å². The Hall–Kier alpha value is -2.73. The van der Waals surface area contributed by atoms with Crippen LogP contribution in [0.3, 0.4) is 0 Å². The predicted molar refractivity (Wildman–Crippen MR) is 112 cm³/mol. The SMILES string of the molecule is CN(CCNC(=O)N1CCCC1c1ccc2c(c1)OCCO2)Cc1ccccc1. The summed E-state index contributed by atoms with van der Waals surface area (Å²) in [6, 6.07) is 16.5. The van der Waals surface area contributed by atoms with Crippen LogP contribution in [0.15, 0.2) is 48.5 Å². The van der Waals surface area contributed by atoms with Crippen LogP contribution >= 0.6 is 0 Å². The largest absolute Gasteiger partial charge is 0.486 e. The van der Waals surface area contributed by atoms with Gasteiger partial charge in [0.2, 0.25) is 0 Å². The smallest absolute Gasteiger partial charge is 0.317 e. The highest BCUT2D eigenvalue weighted by molar-refractivity contribution is 5.75. The summed E-state index contributed by atoms with van der Waals surface area (Å²) < 4.78 is 11.3. The first-order chi connectivity index (χ1) is 14.2. The fourth-order valence-electron chi connectivity index (χ4n) is 4.05. The zero-order chi connectivity index (χ0) is 20.1. The van der Waals surface area contributed by atoms with Gasteiger partial charge < -0.3 is 24.6 Å². The van der Waals surface area contributed by atoms with E-state index in [0.29, 0.717) is 19.8 Å². The molecule has 2 aliphatic rings. The van der Waals surface area contributed by atoms with Crippen LogP contribution in [0.4, 0.5) is 4.79 Å². The van der Waals surface area contributed by atoms with Gasteiger partial charge in [0, 0.05) is 26.2 Å². The molecule has 2 aromatic carbocycles. The van der Waals surface area contributed by atoms with Crippen LogP contribution in [0.25, 0.3) is 0 Å². The minimum Gasteiger partial charge on any atom is -0.486 e. The third-order valence-corrected chi connectivity index (χ3v) is 5.53. The lowest BCUT2D eigenvalue weighted by atomic mass is 10.0. The number of hydrogen-bond donors (Lipinski definition) is 1. The number of urea groups is 1. The zero-order valence-electron chi connectivity index (χ0n) is 17.0. The van der Waals surface area contributed by atoms with Gasteiger partial charge in [0.05, 0.1) is 6.04 Å². The summed E-state index contributed by atoms with van der Waals surface area (Å²) in [5.74, 6) is 1.57. The van der Waals surface area contributed by atoms with E-state index in [1.807, 2.05) is 23.1 Å². The number of rotatable bonds is 6. The van der Waals surface area contributed by atoms with Crippen molar-refractivity contribution < 1.29 is 14.3 Å². The minimum absolute atomic E-state index is 0.00972. The summed E-state index contributed by atoms with van der Waals surface area (Å²) in [7, 11) is 2.08. The lowest BCUT2D eigenvalue weighted by Gasteiger charge is -2.27. The number of amides is 2. The zero-order valence-corrected chi connectivity index (χ0v) is 17.0. The molecular weight excluding hydrogens is 366 g/mol. The average Bonchev–Trinajstić information content (AvgIpc) is 3.24. The standard InChI is InChI=1S/C23H29N3O3/c1-25(17-18-6-3-2-4-7-18)13-11-24-23(27)26-12-5-8-20(26)19-9-10-21-22(16-19)29-15-14-28-21/h2-4,6-7,9-10,16,20H,5,8,11-15,17H2,1H3,(H,24,27). The van der Waals surface area contributed by atoms with Crippen molar-refractivity contribution in [3.05, 3.63) is 59.7 Å². The number of likely N-dealkylation sites (N-methyl/N-ethyl adjacent to an activating group) is 1. The maximum absolute atomic E-state index is 12.8. The van der Waals surface area contributed by atoms with Crippen molar-refractivity contribution in [1.29, 1.82) is 0 Å². The van der Waals surface area contributed by atoms with Crippen molar-refractivity contribution >= 4 is 6.03 Å². The molecule has 154 valence electrons. The molecule has 1 fully saturated rings. The van der Waals surface area contributed by atoms with Gasteiger partial charge in [-0.1, -0.05) is 36.4 Å². The Kier molecular flexibility index (Phi) is 6.20. The molecule has 0 bridgehead atoms. The topological polar surface area (TPSA) is 54.0 Å². The molecule has 0 spiro atoms. The normalized spacial score (nSPS) is 18.1. The summed E-state index contributed by atoms with van der Waals surface area (Å²) in [6.07, 6.45) is 1.99. The average molecular weight is 396 g/mol. The summed E-state index contributed by atoms with van der Waals surface area (Å²) in [4.78, 5) is 17.0. The Morgan fingerprint density at radius 3 is 2.76 bits per heavy atom. The molecule has 2 aliphatic heterocycles. The van der Waals surface area contributed by atoms with Gasteiger partial charge in [0.1, 0.15) is 13.2 Å². The van der Waals surface area contributed by atoms with Crippen LogP contribution in [-0.2, 0) is 6.54 Å². The number of hydrogen-bond acceptors (Lipinski definition) is 4. The van der Waals surface area contributed by atoms with Crippen LogP contribution in [0.2, 0.25) is 0 Å². The van der Waals surface area contributed by atoms with E-state index >= 15 is 0 Å². The van der Waals surface area contributed by atoms with E-state index in [0.717, 1.165) is 49.5 Å². The van der Waals surface area contributed by atoms with Gasteiger partial charge in [-0.25, -0.2) is 4.79 Å². The highest BCUT2D eigenvalue weighted by Gasteiger charge is 2.30. The van der Waals surface area contributed by atoms with Crippen molar-refractivity contribution in [3.8, 4) is 11.5 Å². The van der Waals surface area contributed by atoms with Gasteiger partial charge in [-0.3, -0.25) is 0 Å². The highest BCUT2D eigenvalue weighted by Crippen LogP contribution is 2.38. The molecule has 2 heterocycles. The highest BCUT2D eigenvalue weighted by atomic mass is 16.6. The summed E-state index contributed by atoms with van der Waals surface area (Å²) in [5.41, 5.74) is 2.39. The maximum Gasteiger partial charge on any atom is 0.317 e. The van der Waals surface area contributed by atoms with Crippen molar-refractivity contribution in [2.24, 2.45) is 0 Å². The summed E-state index contributed by atoms with van der Waals surface area (Å²) in [5, 5.41) is 3.09. The molecule has 29 heavy (non-hydrogen) atoms. The summed E-state index contributed by atoms with van der Waals surface area (Å²) in [6.45, 7) is 4.26. The van der Waals surface area contributed by atoms with Crippen molar-refractivity contribution in [2.45, 2.75) is 25.4 Å². The Balaban J connectivity index is 1.30. The van der Waals surface area contributed by atoms with Crippen molar-refractivity contribution in [2.75, 3.05) is 39.9 Å². The van der Waals surface area contributed by atoms with Crippen molar-refractivity contribution in [3.63, 3.8) is 0 Å².